The van der Waals surface area contributed by atoms with Gasteiger partial charge in [-0.3, -0.25) is 14.5 Å². The second-order valence-electron chi connectivity index (χ2n) is 7.28. The first-order valence-corrected chi connectivity index (χ1v) is 10.5. The summed E-state index contributed by atoms with van der Waals surface area (Å²) in [5, 5.41) is 2.98. The summed E-state index contributed by atoms with van der Waals surface area (Å²) >= 11 is 1.63. The average Bonchev–Trinajstić information content (AvgIpc) is 3.28. The van der Waals surface area contributed by atoms with Crippen LogP contribution in [0.25, 0.3) is 0 Å². The molecule has 0 bridgehead atoms. The molecule has 1 fully saturated rings. The molecule has 1 aliphatic rings. The molecule has 0 spiro atoms. The number of Topliss-reactive ketones (excluding diaryl/α,β-unsaturated/α-hetero) is 1. The lowest BCUT2D eigenvalue weighted by Crippen LogP contribution is -2.25. The molecule has 0 saturated carbocycles. The van der Waals surface area contributed by atoms with E-state index in [4.69, 9.17) is 0 Å². The van der Waals surface area contributed by atoms with Crippen molar-refractivity contribution in [2.24, 2.45) is 0 Å². The predicted molar refractivity (Wildman–Crippen MR) is 110 cm³/mol. The fourth-order valence-electron chi connectivity index (χ4n) is 3.62. The van der Waals surface area contributed by atoms with Crippen molar-refractivity contribution < 1.29 is 9.59 Å². The molecular weight excluding hydrogens is 356 g/mol. The summed E-state index contributed by atoms with van der Waals surface area (Å²) in [5.74, 6) is -0.00892. The Morgan fingerprint density at radius 1 is 1.07 bits per heavy atom. The van der Waals surface area contributed by atoms with Gasteiger partial charge in [0, 0.05) is 41.2 Å². The molecule has 5 heteroatoms. The number of thiophene rings is 1. The van der Waals surface area contributed by atoms with Crippen LogP contribution >= 0.6 is 11.3 Å². The van der Waals surface area contributed by atoms with Gasteiger partial charge in [0.2, 0.25) is 5.91 Å². The highest BCUT2D eigenvalue weighted by atomic mass is 32.1. The third-order valence-electron chi connectivity index (χ3n) is 5.11. The summed E-state index contributed by atoms with van der Waals surface area (Å²) in [6.45, 7) is 7.74. The van der Waals surface area contributed by atoms with E-state index in [-0.39, 0.29) is 24.5 Å². The van der Waals surface area contributed by atoms with E-state index in [1.165, 1.54) is 18.4 Å². The van der Waals surface area contributed by atoms with Gasteiger partial charge in [-0.1, -0.05) is 24.3 Å². The van der Waals surface area contributed by atoms with Crippen LogP contribution in [0.2, 0.25) is 0 Å². The molecule has 1 aromatic carbocycles. The molecule has 0 aliphatic carbocycles. The monoisotopic (exact) mass is 384 g/mol. The van der Waals surface area contributed by atoms with Gasteiger partial charge in [0.1, 0.15) is 0 Å². The summed E-state index contributed by atoms with van der Waals surface area (Å²) in [4.78, 5) is 29.2. The number of carbonyl (C=O) groups excluding carboxylic acids is 2. The Morgan fingerprint density at radius 3 is 2.44 bits per heavy atom. The lowest BCUT2D eigenvalue weighted by atomic mass is 10.1. The van der Waals surface area contributed by atoms with Crippen molar-refractivity contribution >= 4 is 23.0 Å². The molecule has 1 aromatic heterocycles. The van der Waals surface area contributed by atoms with E-state index in [0.717, 1.165) is 40.5 Å². The summed E-state index contributed by atoms with van der Waals surface area (Å²) in [6, 6.07) is 10.2. The number of nitrogens with one attached hydrogen (secondary N) is 1. The topological polar surface area (TPSA) is 49.4 Å². The first-order chi connectivity index (χ1) is 13.0. The van der Waals surface area contributed by atoms with Crippen LogP contribution in [-0.4, -0.2) is 29.7 Å². The number of benzene rings is 1. The summed E-state index contributed by atoms with van der Waals surface area (Å²) in [6.07, 6.45) is 3.05. The normalized spacial score (nSPS) is 14.4. The summed E-state index contributed by atoms with van der Waals surface area (Å²) in [7, 11) is 0. The van der Waals surface area contributed by atoms with Gasteiger partial charge in [0.15, 0.2) is 5.78 Å². The Kier molecular flexibility index (Phi) is 6.80. The van der Waals surface area contributed by atoms with E-state index in [9.17, 15) is 9.59 Å². The molecule has 0 unspecified atom stereocenters. The highest BCUT2D eigenvalue weighted by Gasteiger charge is 2.15. The van der Waals surface area contributed by atoms with Crippen molar-refractivity contribution in [1.29, 1.82) is 0 Å². The molecule has 4 nitrogen and oxygen atoms in total. The molecule has 1 saturated heterocycles. The van der Waals surface area contributed by atoms with E-state index in [1.54, 1.807) is 11.3 Å². The Hall–Kier alpha value is -1.98. The Morgan fingerprint density at radius 2 is 1.78 bits per heavy atom. The Labute approximate surface area is 165 Å². The standard InChI is InChI=1S/C22H28N2O2S/c1-16-13-20(17(2)27-16)21(25)9-10-22(26)23-14-18-7-3-4-8-19(18)15-24-11-5-6-12-24/h3-4,7-8,13H,5-6,9-12,14-15H2,1-2H3,(H,23,26). The van der Waals surface area contributed by atoms with Crippen LogP contribution in [0.15, 0.2) is 30.3 Å². The first kappa shape index (κ1) is 19.8. The van der Waals surface area contributed by atoms with Crippen LogP contribution in [0.1, 0.15) is 56.9 Å². The fraction of sp³-hybridized carbons (Fsp3) is 0.455. The zero-order valence-electron chi connectivity index (χ0n) is 16.2. The molecule has 2 heterocycles. The number of rotatable bonds is 8. The van der Waals surface area contributed by atoms with Crippen LogP contribution in [-0.2, 0) is 17.9 Å². The number of hydrogen-bond donors (Lipinski definition) is 1. The number of aryl methyl sites for hydroxylation is 2. The number of ketones is 1. The zero-order chi connectivity index (χ0) is 19.2. The Bertz CT molecular complexity index is 806. The number of likely N-dealkylation sites (tertiary alicyclic amines) is 1. The van der Waals surface area contributed by atoms with Crippen molar-refractivity contribution in [2.45, 2.75) is 52.6 Å². The molecule has 0 radical (unpaired) electrons. The van der Waals surface area contributed by atoms with E-state index in [1.807, 2.05) is 26.0 Å². The van der Waals surface area contributed by atoms with Crippen molar-refractivity contribution in [1.82, 2.24) is 10.2 Å². The maximum Gasteiger partial charge on any atom is 0.220 e. The van der Waals surface area contributed by atoms with Crippen LogP contribution in [0.3, 0.4) is 0 Å². The zero-order valence-corrected chi connectivity index (χ0v) is 17.0. The lowest BCUT2D eigenvalue weighted by Gasteiger charge is -2.17. The molecule has 2 aromatic rings. The Balaban J connectivity index is 1.49. The molecule has 1 amide bonds. The van der Waals surface area contributed by atoms with Gasteiger partial charge in [-0.2, -0.15) is 0 Å². The maximum atomic E-state index is 12.3. The summed E-state index contributed by atoms with van der Waals surface area (Å²) in [5.41, 5.74) is 3.20. The second kappa shape index (κ2) is 9.29. The van der Waals surface area contributed by atoms with Crippen LogP contribution in [0.4, 0.5) is 0 Å². The number of nitrogens with zero attached hydrogens (tertiary/aromatic N) is 1. The average molecular weight is 385 g/mol. The molecule has 0 atom stereocenters. The van der Waals surface area contributed by atoms with Crippen molar-refractivity contribution in [2.75, 3.05) is 13.1 Å². The van der Waals surface area contributed by atoms with Gasteiger partial charge in [-0.05, 0) is 57.0 Å². The maximum absolute atomic E-state index is 12.3. The minimum Gasteiger partial charge on any atom is -0.352 e. The predicted octanol–water partition coefficient (Wildman–Crippen LogP) is 4.24. The number of hydrogen-bond acceptors (Lipinski definition) is 4. The van der Waals surface area contributed by atoms with Gasteiger partial charge in [0.05, 0.1) is 0 Å². The van der Waals surface area contributed by atoms with Gasteiger partial charge in [0.25, 0.3) is 0 Å². The third-order valence-corrected chi connectivity index (χ3v) is 6.07. The largest absolute Gasteiger partial charge is 0.352 e. The highest BCUT2D eigenvalue weighted by molar-refractivity contribution is 7.12. The smallest absolute Gasteiger partial charge is 0.220 e. The minimum atomic E-state index is -0.0658. The van der Waals surface area contributed by atoms with Crippen LogP contribution in [0, 0.1) is 13.8 Å². The quantitative estimate of drug-likeness (QED) is 0.693. The van der Waals surface area contributed by atoms with Gasteiger partial charge >= 0.3 is 0 Å². The van der Waals surface area contributed by atoms with Crippen molar-refractivity contribution in [3.63, 3.8) is 0 Å². The first-order valence-electron chi connectivity index (χ1n) is 9.69. The van der Waals surface area contributed by atoms with Crippen LogP contribution < -0.4 is 5.32 Å². The highest BCUT2D eigenvalue weighted by Crippen LogP contribution is 2.22. The lowest BCUT2D eigenvalue weighted by molar-refractivity contribution is -0.121. The van der Waals surface area contributed by atoms with Gasteiger partial charge in [-0.15, -0.1) is 11.3 Å². The van der Waals surface area contributed by atoms with Crippen molar-refractivity contribution in [3.05, 3.63) is 56.8 Å². The number of amides is 1. The second-order valence-corrected chi connectivity index (χ2v) is 8.74. The van der Waals surface area contributed by atoms with E-state index >= 15 is 0 Å². The van der Waals surface area contributed by atoms with Gasteiger partial charge in [-0.25, -0.2) is 0 Å². The molecule has 144 valence electrons. The SMILES string of the molecule is Cc1cc(C(=O)CCC(=O)NCc2ccccc2CN2CCCC2)c(C)s1. The van der Waals surface area contributed by atoms with E-state index in [0.29, 0.717) is 6.54 Å². The van der Waals surface area contributed by atoms with Crippen LogP contribution in [0.5, 0.6) is 0 Å². The molecular formula is C22H28N2O2S. The summed E-state index contributed by atoms with van der Waals surface area (Å²) < 4.78 is 0. The molecule has 1 aliphatic heterocycles. The number of carbonyl (C=O) groups is 2. The van der Waals surface area contributed by atoms with E-state index < -0.39 is 0 Å². The van der Waals surface area contributed by atoms with Gasteiger partial charge < -0.3 is 5.32 Å². The molecule has 3 rings (SSSR count). The fourth-order valence-corrected chi connectivity index (χ4v) is 4.56. The molecule has 1 N–H and O–H groups in total. The molecule has 27 heavy (non-hydrogen) atoms. The van der Waals surface area contributed by atoms with Crippen molar-refractivity contribution in [3.8, 4) is 0 Å². The minimum absolute atomic E-state index is 0.0569. The van der Waals surface area contributed by atoms with E-state index in [2.05, 4.69) is 28.4 Å². The third kappa shape index (κ3) is 5.50.